The van der Waals surface area contributed by atoms with E-state index in [0.29, 0.717) is 0 Å². The summed E-state index contributed by atoms with van der Waals surface area (Å²) in [7, 11) is 0. The fourth-order valence-electron chi connectivity index (χ4n) is 5.72. The predicted molar refractivity (Wildman–Crippen MR) is 72.6 cm³/mol. The van der Waals surface area contributed by atoms with E-state index in [4.69, 9.17) is 5.73 Å². The Balaban J connectivity index is 1.76. The molecule has 17 heavy (non-hydrogen) atoms. The molecule has 0 aliphatic heterocycles. The van der Waals surface area contributed by atoms with E-state index in [-0.39, 0.29) is 0 Å². The summed E-state index contributed by atoms with van der Waals surface area (Å²) in [6, 6.07) is 0. The van der Waals surface area contributed by atoms with Gasteiger partial charge < -0.3 is 5.73 Å². The standard InChI is InChI=1S/C16H29N/c1-11(2)16-8-12-6-13(9-16)15(4-3-5-17)14(7-12)10-16/h11-15H,3-10,17H2,1-2H3. The first-order chi connectivity index (χ1) is 8.14. The molecule has 4 fully saturated rings. The summed E-state index contributed by atoms with van der Waals surface area (Å²) in [4.78, 5) is 0. The smallest absolute Gasteiger partial charge is 0.00772 e. The summed E-state index contributed by atoms with van der Waals surface area (Å²) in [6.45, 7) is 5.85. The van der Waals surface area contributed by atoms with Crippen molar-refractivity contribution in [2.24, 2.45) is 40.7 Å². The molecule has 1 nitrogen and oxygen atoms in total. The summed E-state index contributed by atoms with van der Waals surface area (Å²) >= 11 is 0. The first-order valence-electron chi connectivity index (χ1n) is 7.84. The van der Waals surface area contributed by atoms with Crippen molar-refractivity contribution in [2.75, 3.05) is 6.54 Å². The third-order valence-corrected chi connectivity index (χ3v) is 6.48. The Bertz CT molecular complexity index is 267. The summed E-state index contributed by atoms with van der Waals surface area (Å²) in [5.74, 6) is 5.17. The van der Waals surface area contributed by atoms with E-state index in [0.717, 1.165) is 41.5 Å². The van der Waals surface area contributed by atoms with Crippen molar-refractivity contribution >= 4 is 0 Å². The van der Waals surface area contributed by atoms with Gasteiger partial charge >= 0.3 is 0 Å². The Kier molecular flexibility index (Phi) is 3.01. The number of nitrogens with two attached hydrogens (primary N) is 1. The Hall–Kier alpha value is -0.0400. The molecule has 1 heteroatoms. The fraction of sp³-hybridized carbons (Fsp3) is 1.00. The molecule has 0 radical (unpaired) electrons. The summed E-state index contributed by atoms with van der Waals surface area (Å²) in [6.07, 6.45) is 10.4. The average molecular weight is 235 g/mol. The summed E-state index contributed by atoms with van der Waals surface area (Å²) < 4.78 is 0. The summed E-state index contributed by atoms with van der Waals surface area (Å²) in [5.41, 5.74) is 6.45. The fourth-order valence-corrected chi connectivity index (χ4v) is 5.72. The second kappa shape index (κ2) is 4.26. The van der Waals surface area contributed by atoms with Gasteiger partial charge in [0, 0.05) is 0 Å². The van der Waals surface area contributed by atoms with Crippen molar-refractivity contribution in [1.29, 1.82) is 0 Å². The molecule has 2 N–H and O–H groups in total. The van der Waals surface area contributed by atoms with E-state index in [2.05, 4.69) is 13.8 Å². The van der Waals surface area contributed by atoms with Crippen LogP contribution < -0.4 is 5.73 Å². The van der Waals surface area contributed by atoms with Crippen molar-refractivity contribution < 1.29 is 0 Å². The molecule has 0 amide bonds. The van der Waals surface area contributed by atoms with Crippen molar-refractivity contribution in [2.45, 2.75) is 58.8 Å². The zero-order valence-corrected chi connectivity index (χ0v) is 11.6. The average Bonchev–Trinajstić information content (AvgIpc) is 2.27. The van der Waals surface area contributed by atoms with E-state index in [1.165, 1.54) is 12.8 Å². The molecule has 4 saturated carbocycles. The zero-order valence-electron chi connectivity index (χ0n) is 11.6. The van der Waals surface area contributed by atoms with Gasteiger partial charge in [-0.15, -0.1) is 0 Å². The largest absolute Gasteiger partial charge is 0.330 e. The molecule has 4 bridgehead atoms. The van der Waals surface area contributed by atoms with Crippen LogP contribution in [0.5, 0.6) is 0 Å². The van der Waals surface area contributed by atoms with E-state index in [9.17, 15) is 0 Å². The SMILES string of the molecule is CC(C)C12CC3CC(C1)C(CCCN)C(C3)C2. The van der Waals surface area contributed by atoms with Gasteiger partial charge in [-0.05, 0) is 86.5 Å². The molecule has 98 valence electrons. The highest BCUT2D eigenvalue weighted by molar-refractivity contribution is 5.05. The molecule has 0 aromatic rings. The highest BCUT2D eigenvalue weighted by atomic mass is 14.6. The molecule has 0 spiro atoms. The van der Waals surface area contributed by atoms with Gasteiger partial charge in [0.05, 0.1) is 0 Å². The monoisotopic (exact) mass is 235 g/mol. The molecule has 0 aromatic heterocycles. The third-order valence-electron chi connectivity index (χ3n) is 6.48. The van der Waals surface area contributed by atoms with Crippen molar-refractivity contribution in [3.8, 4) is 0 Å². The molecule has 0 heterocycles. The van der Waals surface area contributed by atoms with Gasteiger partial charge in [-0.25, -0.2) is 0 Å². The first kappa shape index (κ1) is 12.0. The maximum atomic E-state index is 5.71. The quantitative estimate of drug-likeness (QED) is 0.787. The van der Waals surface area contributed by atoms with Crippen LogP contribution in [-0.2, 0) is 0 Å². The lowest BCUT2D eigenvalue weighted by Gasteiger charge is -2.62. The Labute approximate surface area is 107 Å². The van der Waals surface area contributed by atoms with Crippen LogP contribution in [0, 0.1) is 35.0 Å². The lowest BCUT2D eigenvalue weighted by atomic mass is 9.43. The van der Waals surface area contributed by atoms with Gasteiger partial charge in [-0.2, -0.15) is 0 Å². The van der Waals surface area contributed by atoms with E-state index in [1.54, 1.807) is 32.1 Å². The van der Waals surface area contributed by atoms with E-state index >= 15 is 0 Å². The maximum Gasteiger partial charge on any atom is -0.00772 e. The summed E-state index contributed by atoms with van der Waals surface area (Å²) in [5, 5.41) is 0. The molecule has 4 rings (SSSR count). The van der Waals surface area contributed by atoms with Crippen LogP contribution in [-0.4, -0.2) is 6.54 Å². The topological polar surface area (TPSA) is 26.0 Å². The van der Waals surface area contributed by atoms with Crippen molar-refractivity contribution in [3.63, 3.8) is 0 Å². The van der Waals surface area contributed by atoms with Crippen molar-refractivity contribution in [3.05, 3.63) is 0 Å². The van der Waals surface area contributed by atoms with Gasteiger partial charge in [0.2, 0.25) is 0 Å². The first-order valence-corrected chi connectivity index (χ1v) is 7.84. The number of rotatable bonds is 4. The Morgan fingerprint density at radius 1 is 1.12 bits per heavy atom. The van der Waals surface area contributed by atoms with Gasteiger partial charge in [0.25, 0.3) is 0 Å². The second-order valence-electron chi connectivity index (χ2n) is 7.58. The van der Waals surface area contributed by atoms with Crippen LogP contribution in [0.15, 0.2) is 0 Å². The molecular formula is C16H29N. The predicted octanol–water partition coefficient (Wildman–Crippen LogP) is 3.82. The van der Waals surface area contributed by atoms with Crippen LogP contribution in [0.3, 0.4) is 0 Å². The Morgan fingerprint density at radius 2 is 1.76 bits per heavy atom. The van der Waals surface area contributed by atoms with Crippen LogP contribution in [0.1, 0.15) is 58.8 Å². The molecule has 4 aliphatic carbocycles. The van der Waals surface area contributed by atoms with Gasteiger partial charge in [-0.1, -0.05) is 13.8 Å². The zero-order chi connectivity index (χ0) is 12.0. The minimum Gasteiger partial charge on any atom is -0.330 e. The molecule has 2 unspecified atom stereocenters. The lowest BCUT2D eigenvalue weighted by Crippen LogP contribution is -2.52. The van der Waals surface area contributed by atoms with Crippen LogP contribution in [0.25, 0.3) is 0 Å². The normalized spacial score (nSPS) is 48.0. The van der Waals surface area contributed by atoms with Crippen molar-refractivity contribution in [1.82, 2.24) is 0 Å². The molecule has 0 saturated heterocycles. The number of hydrogen-bond donors (Lipinski definition) is 1. The van der Waals surface area contributed by atoms with Crippen LogP contribution >= 0.6 is 0 Å². The van der Waals surface area contributed by atoms with Crippen LogP contribution in [0.2, 0.25) is 0 Å². The molecule has 4 aliphatic rings. The van der Waals surface area contributed by atoms with E-state index in [1.807, 2.05) is 0 Å². The van der Waals surface area contributed by atoms with Crippen LogP contribution in [0.4, 0.5) is 0 Å². The molecule has 2 atom stereocenters. The second-order valence-corrected chi connectivity index (χ2v) is 7.58. The lowest BCUT2D eigenvalue weighted by molar-refractivity contribution is -0.118. The molecule has 0 aromatic carbocycles. The van der Waals surface area contributed by atoms with Gasteiger partial charge in [0.1, 0.15) is 0 Å². The Morgan fingerprint density at radius 3 is 2.29 bits per heavy atom. The van der Waals surface area contributed by atoms with Gasteiger partial charge in [0.15, 0.2) is 0 Å². The third kappa shape index (κ3) is 1.85. The highest BCUT2D eigenvalue weighted by Gasteiger charge is 2.55. The minimum atomic E-state index is 0.746. The minimum absolute atomic E-state index is 0.746. The van der Waals surface area contributed by atoms with E-state index < -0.39 is 0 Å². The van der Waals surface area contributed by atoms with Gasteiger partial charge in [-0.3, -0.25) is 0 Å². The number of hydrogen-bond acceptors (Lipinski definition) is 1. The molecular weight excluding hydrogens is 206 g/mol. The maximum absolute atomic E-state index is 5.71. The highest BCUT2D eigenvalue weighted by Crippen LogP contribution is 2.65.